The molecule has 0 saturated carbocycles. The Morgan fingerprint density at radius 2 is 1.95 bits per heavy atom. The highest BCUT2D eigenvalue weighted by atomic mass is 79.9. The van der Waals surface area contributed by atoms with Gasteiger partial charge in [0.1, 0.15) is 6.04 Å². The lowest BCUT2D eigenvalue weighted by Gasteiger charge is -2.16. The maximum atomic E-state index is 11.6. The highest BCUT2D eigenvalue weighted by molar-refractivity contribution is 9.10. The molecule has 0 aliphatic rings. The number of nitrogens with one attached hydrogen (secondary N) is 1. The van der Waals surface area contributed by atoms with Gasteiger partial charge in [-0.05, 0) is 24.6 Å². The first-order valence-corrected chi connectivity index (χ1v) is 6.61. The Kier molecular flexibility index (Phi) is 6.35. The van der Waals surface area contributed by atoms with Crippen LogP contribution in [0.2, 0.25) is 0 Å². The Bertz CT molecular complexity index is 433. The molecule has 104 valence electrons. The minimum absolute atomic E-state index is 0.248. The molecule has 0 heterocycles. The fraction of sp³-hybridized carbons (Fsp3) is 0.385. The number of ether oxygens (including phenoxy) is 2. The largest absolute Gasteiger partial charge is 0.467 e. The molecular weight excluding hydrogens is 314 g/mol. The van der Waals surface area contributed by atoms with Crippen LogP contribution < -0.4 is 5.32 Å². The zero-order valence-electron chi connectivity index (χ0n) is 10.8. The molecule has 0 aromatic heterocycles. The van der Waals surface area contributed by atoms with E-state index in [0.29, 0.717) is 6.42 Å². The van der Waals surface area contributed by atoms with Crippen LogP contribution in [0.3, 0.4) is 0 Å². The van der Waals surface area contributed by atoms with Gasteiger partial charge in [0, 0.05) is 10.9 Å². The summed E-state index contributed by atoms with van der Waals surface area (Å²) in [7, 11) is 1.28. The Morgan fingerprint density at radius 3 is 2.47 bits per heavy atom. The topological polar surface area (TPSA) is 64.6 Å². The average Bonchev–Trinajstić information content (AvgIpc) is 2.40. The van der Waals surface area contributed by atoms with E-state index in [9.17, 15) is 9.59 Å². The Morgan fingerprint density at radius 1 is 1.32 bits per heavy atom. The summed E-state index contributed by atoms with van der Waals surface area (Å²) >= 11 is 3.33. The molecule has 6 heteroatoms. The van der Waals surface area contributed by atoms with Gasteiger partial charge < -0.3 is 14.8 Å². The van der Waals surface area contributed by atoms with E-state index < -0.39 is 18.1 Å². The molecule has 0 unspecified atom stereocenters. The molecule has 0 bridgehead atoms. The number of carbonyl (C=O) groups excluding carboxylic acids is 2. The van der Waals surface area contributed by atoms with Gasteiger partial charge in [0.05, 0.1) is 13.7 Å². The van der Waals surface area contributed by atoms with E-state index in [1.165, 1.54) is 7.11 Å². The predicted molar refractivity (Wildman–Crippen MR) is 73.8 cm³/mol. The van der Waals surface area contributed by atoms with Gasteiger partial charge in [0.25, 0.3) is 0 Å². The van der Waals surface area contributed by atoms with E-state index in [2.05, 4.69) is 26.0 Å². The van der Waals surface area contributed by atoms with E-state index in [4.69, 9.17) is 4.74 Å². The van der Waals surface area contributed by atoms with Gasteiger partial charge in [0.15, 0.2) is 0 Å². The van der Waals surface area contributed by atoms with Crippen molar-refractivity contribution in [3.05, 3.63) is 34.3 Å². The monoisotopic (exact) mass is 329 g/mol. The zero-order chi connectivity index (χ0) is 14.3. The maximum Gasteiger partial charge on any atom is 0.407 e. The van der Waals surface area contributed by atoms with E-state index in [0.717, 1.165) is 10.0 Å². The Hall–Kier alpha value is -1.56. The summed E-state index contributed by atoms with van der Waals surface area (Å²) in [6, 6.07) is 6.71. The third-order valence-corrected chi connectivity index (χ3v) is 2.93. The van der Waals surface area contributed by atoms with Crippen molar-refractivity contribution in [3.63, 3.8) is 0 Å². The normalized spacial score (nSPS) is 11.5. The second-order valence-electron chi connectivity index (χ2n) is 3.77. The molecular formula is C13H16BrNO4. The fourth-order valence-corrected chi connectivity index (χ4v) is 1.77. The summed E-state index contributed by atoms with van der Waals surface area (Å²) < 4.78 is 10.4. The highest BCUT2D eigenvalue weighted by Crippen LogP contribution is 2.12. The number of rotatable bonds is 5. The number of halogens is 1. The van der Waals surface area contributed by atoms with E-state index in [-0.39, 0.29) is 6.61 Å². The number of carbonyl (C=O) groups is 2. The minimum Gasteiger partial charge on any atom is -0.467 e. The van der Waals surface area contributed by atoms with Crippen LogP contribution in [0.15, 0.2) is 28.7 Å². The summed E-state index contributed by atoms with van der Waals surface area (Å²) in [6.07, 6.45) is -0.284. The summed E-state index contributed by atoms with van der Waals surface area (Å²) in [5.74, 6) is -0.504. The number of esters is 1. The number of alkyl carbamates (subject to hydrolysis) is 1. The van der Waals surface area contributed by atoms with Crippen molar-refractivity contribution < 1.29 is 19.1 Å². The first kappa shape index (κ1) is 15.5. The van der Waals surface area contributed by atoms with Gasteiger partial charge in [-0.3, -0.25) is 0 Å². The molecule has 19 heavy (non-hydrogen) atoms. The Balaban J connectivity index is 2.71. The van der Waals surface area contributed by atoms with Gasteiger partial charge in [-0.25, -0.2) is 9.59 Å². The molecule has 1 aromatic rings. The summed E-state index contributed by atoms with van der Waals surface area (Å²) in [6.45, 7) is 1.94. The van der Waals surface area contributed by atoms with Crippen molar-refractivity contribution in [2.45, 2.75) is 19.4 Å². The van der Waals surface area contributed by atoms with Crippen LogP contribution >= 0.6 is 15.9 Å². The zero-order valence-corrected chi connectivity index (χ0v) is 12.4. The van der Waals surface area contributed by atoms with Crippen LogP contribution in [0, 0.1) is 0 Å². The predicted octanol–water partition coefficient (Wildman–Crippen LogP) is 2.28. The molecule has 0 aliphatic carbocycles. The average molecular weight is 330 g/mol. The molecule has 0 fully saturated rings. The van der Waals surface area contributed by atoms with E-state index in [1.54, 1.807) is 6.92 Å². The van der Waals surface area contributed by atoms with Crippen molar-refractivity contribution in [2.24, 2.45) is 0 Å². The highest BCUT2D eigenvalue weighted by Gasteiger charge is 2.22. The maximum absolute atomic E-state index is 11.6. The molecule has 0 radical (unpaired) electrons. The number of amides is 1. The van der Waals surface area contributed by atoms with Crippen molar-refractivity contribution in [3.8, 4) is 0 Å². The Labute approximate surface area is 120 Å². The van der Waals surface area contributed by atoms with E-state index in [1.807, 2.05) is 24.3 Å². The molecule has 0 spiro atoms. The lowest BCUT2D eigenvalue weighted by atomic mass is 10.1. The lowest BCUT2D eigenvalue weighted by Crippen LogP contribution is -2.43. The second kappa shape index (κ2) is 7.78. The molecule has 1 amide bonds. The third-order valence-electron chi connectivity index (χ3n) is 2.41. The SMILES string of the molecule is CCOC(=O)N[C@H](Cc1ccc(Br)cc1)C(=O)OC. The van der Waals surface area contributed by atoms with Crippen molar-refractivity contribution in [1.29, 1.82) is 0 Å². The summed E-state index contributed by atoms with van der Waals surface area (Å²) in [5, 5.41) is 2.48. The molecule has 5 nitrogen and oxygen atoms in total. The van der Waals surface area contributed by atoms with Crippen molar-refractivity contribution in [1.82, 2.24) is 5.32 Å². The minimum atomic E-state index is -0.759. The van der Waals surface area contributed by atoms with Gasteiger partial charge in [-0.15, -0.1) is 0 Å². The number of benzene rings is 1. The van der Waals surface area contributed by atoms with Crippen molar-refractivity contribution >= 4 is 28.0 Å². The van der Waals surface area contributed by atoms with Gasteiger partial charge in [-0.2, -0.15) is 0 Å². The van der Waals surface area contributed by atoms with Crippen molar-refractivity contribution in [2.75, 3.05) is 13.7 Å². The van der Waals surface area contributed by atoms with Crippen LogP contribution in [0.5, 0.6) is 0 Å². The molecule has 1 rings (SSSR count). The second-order valence-corrected chi connectivity index (χ2v) is 4.69. The van der Waals surface area contributed by atoms with Gasteiger partial charge in [-0.1, -0.05) is 28.1 Å². The third kappa shape index (κ3) is 5.30. The number of hydrogen-bond acceptors (Lipinski definition) is 4. The van der Waals surface area contributed by atoms with Crippen LogP contribution in [0.1, 0.15) is 12.5 Å². The fourth-order valence-electron chi connectivity index (χ4n) is 1.51. The molecule has 1 atom stereocenters. The lowest BCUT2D eigenvalue weighted by molar-refractivity contribution is -0.142. The smallest absolute Gasteiger partial charge is 0.407 e. The number of methoxy groups -OCH3 is 1. The van der Waals surface area contributed by atoms with E-state index >= 15 is 0 Å². The molecule has 1 aromatic carbocycles. The first-order chi connectivity index (χ1) is 9.06. The van der Waals surface area contributed by atoms with Crippen LogP contribution in [0.25, 0.3) is 0 Å². The molecule has 1 N–H and O–H groups in total. The summed E-state index contributed by atoms with van der Waals surface area (Å²) in [4.78, 5) is 23.0. The van der Waals surface area contributed by atoms with Gasteiger partial charge in [0.2, 0.25) is 0 Å². The standard InChI is InChI=1S/C13H16BrNO4/c1-3-19-13(17)15-11(12(16)18-2)8-9-4-6-10(14)7-5-9/h4-7,11H,3,8H2,1-2H3,(H,15,17)/t11-/m1/s1. The van der Waals surface area contributed by atoms with Crippen LogP contribution in [-0.4, -0.2) is 31.8 Å². The summed E-state index contributed by atoms with van der Waals surface area (Å²) in [5.41, 5.74) is 0.912. The first-order valence-electron chi connectivity index (χ1n) is 5.82. The number of hydrogen-bond donors (Lipinski definition) is 1. The van der Waals surface area contributed by atoms with Crippen LogP contribution in [-0.2, 0) is 20.7 Å². The quantitative estimate of drug-likeness (QED) is 0.842. The molecule has 0 aliphatic heterocycles. The van der Waals surface area contributed by atoms with Crippen LogP contribution in [0.4, 0.5) is 4.79 Å². The van der Waals surface area contributed by atoms with Gasteiger partial charge >= 0.3 is 12.1 Å². The molecule has 0 saturated heterocycles.